The highest BCUT2D eigenvalue weighted by molar-refractivity contribution is 5.93. The highest BCUT2D eigenvalue weighted by Crippen LogP contribution is 2.27. The molecule has 0 aliphatic rings. The van der Waals surface area contributed by atoms with Crippen molar-refractivity contribution in [1.82, 2.24) is 0 Å². The first-order chi connectivity index (χ1) is 10.8. The van der Waals surface area contributed by atoms with Crippen molar-refractivity contribution in [2.75, 3.05) is 7.11 Å². The molecule has 0 aromatic heterocycles. The van der Waals surface area contributed by atoms with Crippen LogP contribution in [0.2, 0.25) is 0 Å². The van der Waals surface area contributed by atoms with Crippen molar-refractivity contribution in [2.45, 2.75) is 26.2 Å². The topological polar surface area (TPSA) is 35.5 Å². The molecule has 0 N–H and O–H groups in total. The van der Waals surface area contributed by atoms with Crippen LogP contribution in [0.5, 0.6) is 5.75 Å². The maximum absolute atomic E-state index is 12.3. The third kappa shape index (κ3) is 4.01. The van der Waals surface area contributed by atoms with Crippen molar-refractivity contribution in [1.29, 1.82) is 0 Å². The molecule has 0 fully saturated rings. The van der Waals surface area contributed by atoms with E-state index in [1.54, 1.807) is 31.4 Å². The van der Waals surface area contributed by atoms with Crippen molar-refractivity contribution in [3.05, 3.63) is 71.8 Å². The number of carbonyl (C=O) groups excluding carboxylic acids is 1. The van der Waals surface area contributed by atoms with E-state index < -0.39 is 5.97 Å². The molecule has 23 heavy (non-hydrogen) atoms. The second-order valence-corrected chi connectivity index (χ2v) is 6.34. The van der Waals surface area contributed by atoms with E-state index in [-0.39, 0.29) is 11.2 Å². The van der Waals surface area contributed by atoms with E-state index in [9.17, 15) is 4.79 Å². The first kappa shape index (κ1) is 16.8. The van der Waals surface area contributed by atoms with Gasteiger partial charge in [-0.05, 0) is 35.2 Å². The Balaban J connectivity index is 2.14. The summed E-state index contributed by atoms with van der Waals surface area (Å²) in [5.74, 6) is 0.460. The molecule has 0 unspecified atom stereocenters. The number of methoxy groups -OCH3 is 1. The predicted octanol–water partition coefficient (Wildman–Crippen LogP) is 4.82. The molecule has 120 valence electrons. The van der Waals surface area contributed by atoms with E-state index in [1.165, 1.54) is 0 Å². The van der Waals surface area contributed by atoms with Crippen molar-refractivity contribution in [2.24, 2.45) is 0 Å². The van der Waals surface area contributed by atoms with Gasteiger partial charge in [0.2, 0.25) is 0 Å². The number of hydrogen-bond acceptors (Lipinski definition) is 3. The normalized spacial score (nSPS) is 11.0. The second-order valence-electron chi connectivity index (χ2n) is 6.34. The summed E-state index contributed by atoms with van der Waals surface area (Å²) < 4.78 is 10.6. The molecule has 0 bridgehead atoms. The molecule has 2 rings (SSSR count). The standard InChI is InChI=1S/C20H22O3/c1-14(17-8-6-7-9-18(17)22-5)23-19(21)15-10-12-16(13-11-15)20(2,3)4/h6-13H,1H2,2-5H3. The molecular weight excluding hydrogens is 288 g/mol. The van der Waals surface area contributed by atoms with Crippen molar-refractivity contribution in [3.8, 4) is 5.75 Å². The van der Waals surface area contributed by atoms with E-state index in [1.807, 2.05) is 24.3 Å². The molecule has 0 aliphatic carbocycles. The van der Waals surface area contributed by atoms with Gasteiger partial charge in [-0.15, -0.1) is 0 Å². The molecule has 0 radical (unpaired) electrons. The second kappa shape index (κ2) is 6.69. The van der Waals surface area contributed by atoms with Crippen LogP contribution in [0, 0.1) is 0 Å². The quantitative estimate of drug-likeness (QED) is 0.600. The van der Waals surface area contributed by atoms with Gasteiger partial charge in [0, 0.05) is 0 Å². The molecule has 0 saturated carbocycles. The number of para-hydroxylation sites is 1. The molecule has 0 amide bonds. The largest absolute Gasteiger partial charge is 0.496 e. The van der Waals surface area contributed by atoms with Gasteiger partial charge in [-0.1, -0.05) is 51.6 Å². The molecule has 3 heteroatoms. The Morgan fingerprint density at radius 3 is 2.17 bits per heavy atom. The summed E-state index contributed by atoms with van der Waals surface area (Å²) in [5.41, 5.74) is 2.37. The lowest BCUT2D eigenvalue weighted by atomic mass is 9.87. The van der Waals surface area contributed by atoms with E-state index in [0.717, 1.165) is 5.56 Å². The fourth-order valence-electron chi connectivity index (χ4n) is 2.21. The molecule has 2 aromatic rings. The van der Waals surface area contributed by atoms with Crippen LogP contribution < -0.4 is 4.74 Å². The summed E-state index contributed by atoms with van der Waals surface area (Å²) in [7, 11) is 1.57. The number of esters is 1. The van der Waals surface area contributed by atoms with Gasteiger partial charge in [-0.3, -0.25) is 0 Å². The summed E-state index contributed by atoms with van der Waals surface area (Å²) in [6.07, 6.45) is 0. The van der Waals surface area contributed by atoms with Crippen LogP contribution >= 0.6 is 0 Å². The Morgan fingerprint density at radius 1 is 1.00 bits per heavy atom. The number of rotatable bonds is 4. The summed E-state index contributed by atoms with van der Waals surface area (Å²) in [6.45, 7) is 10.2. The molecule has 0 aliphatic heterocycles. The Morgan fingerprint density at radius 2 is 1.61 bits per heavy atom. The first-order valence-electron chi connectivity index (χ1n) is 7.48. The predicted molar refractivity (Wildman–Crippen MR) is 92.6 cm³/mol. The molecular formula is C20H22O3. The zero-order chi connectivity index (χ0) is 17.0. The monoisotopic (exact) mass is 310 g/mol. The summed E-state index contributed by atoms with van der Waals surface area (Å²) >= 11 is 0. The maximum Gasteiger partial charge on any atom is 0.343 e. The Kier molecular flexibility index (Phi) is 4.89. The molecule has 3 nitrogen and oxygen atoms in total. The SMILES string of the molecule is C=C(OC(=O)c1ccc(C(C)(C)C)cc1)c1ccccc1OC. The van der Waals surface area contributed by atoms with Crippen LogP contribution in [0.25, 0.3) is 5.76 Å². The van der Waals surface area contributed by atoms with Crippen LogP contribution in [-0.2, 0) is 10.2 Å². The van der Waals surface area contributed by atoms with Crippen molar-refractivity contribution < 1.29 is 14.3 Å². The molecule has 0 saturated heterocycles. The number of benzene rings is 2. The van der Waals surface area contributed by atoms with Crippen molar-refractivity contribution in [3.63, 3.8) is 0 Å². The molecule has 0 atom stereocenters. The maximum atomic E-state index is 12.3. The summed E-state index contributed by atoms with van der Waals surface area (Å²) in [6, 6.07) is 14.7. The van der Waals surface area contributed by atoms with E-state index in [4.69, 9.17) is 9.47 Å². The van der Waals surface area contributed by atoms with Crippen LogP contribution in [-0.4, -0.2) is 13.1 Å². The van der Waals surface area contributed by atoms with E-state index in [0.29, 0.717) is 16.9 Å². The average molecular weight is 310 g/mol. The lowest BCUT2D eigenvalue weighted by Crippen LogP contribution is -2.11. The van der Waals surface area contributed by atoms with Gasteiger partial charge in [0.1, 0.15) is 11.5 Å². The molecule has 2 aromatic carbocycles. The Hall–Kier alpha value is -2.55. The minimum Gasteiger partial charge on any atom is -0.496 e. The first-order valence-corrected chi connectivity index (χ1v) is 7.48. The van der Waals surface area contributed by atoms with Crippen LogP contribution in [0.1, 0.15) is 42.3 Å². The highest BCUT2D eigenvalue weighted by Gasteiger charge is 2.16. The summed E-state index contributed by atoms with van der Waals surface area (Å²) in [5, 5.41) is 0. The van der Waals surface area contributed by atoms with Gasteiger partial charge < -0.3 is 9.47 Å². The van der Waals surface area contributed by atoms with Crippen LogP contribution in [0.15, 0.2) is 55.1 Å². The minimum atomic E-state index is -0.429. The fourth-order valence-corrected chi connectivity index (χ4v) is 2.21. The van der Waals surface area contributed by atoms with E-state index >= 15 is 0 Å². The molecule has 0 heterocycles. The Bertz CT molecular complexity index is 706. The van der Waals surface area contributed by atoms with Gasteiger partial charge in [0.05, 0.1) is 18.2 Å². The van der Waals surface area contributed by atoms with E-state index in [2.05, 4.69) is 27.4 Å². The lowest BCUT2D eigenvalue weighted by Gasteiger charge is -2.19. The minimum absolute atomic E-state index is 0.0451. The fraction of sp³-hybridized carbons (Fsp3) is 0.250. The number of carbonyl (C=O) groups is 1. The Labute approximate surface area is 137 Å². The third-order valence-electron chi connectivity index (χ3n) is 3.61. The lowest BCUT2D eigenvalue weighted by molar-refractivity contribution is 0.0692. The summed E-state index contributed by atoms with van der Waals surface area (Å²) in [4.78, 5) is 12.3. The zero-order valence-corrected chi connectivity index (χ0v) is 14.1. The van der Waals surface area contributed by atoms with Gasteiger partial charge in [-0.25, -0.2) is 4.79 Å². The zero-order valence-electron chi connectivity index (χ0n) is 14.1. The average Bonchev–Trinajstić information content (AvgIpc) is 2.54. The highest BCUT2D eigenvalue weighted by atomic mass is 16.5. The smallest absolute Gasteiger partial charge is 0.343 e. The number of ether oxygens (including phenoxy) is 2. The van der Waals surface area contributed by atoms with Crippen molar-refractivity contribution >= 4 is 11.7 Å². The van der Waals surface area contributed by atoms with Gasteiger partial charge >= 0.3 is 5.97 Å². The molecule has 0 spiro atoms. The van der Waals surface area contributed by atoms with Gasteiger partial charge in [-0.2, -0.15) is 0 Å². The van der Waals surface area contributed by atoms with Gasteiger partial charge in [0.25, 0.3) is 0 Å². The van der Waals surface area contributed by atoms with Crippen LogP contribution in [0.4, 0.5) is 0 Å². The van der Waals surface area contributed by atoms with Crippen LogP contribution in [0.3, 0.4) is 0 Å². The third-order valence-corrected chi connectivity index (χ3v) is 3.61. The number of hydrogen-bond donors (Lipinski definition) is 0. The van der Waals surface area contributed by atoms with Gasteiger partial charge in [0.15, 0.2) is 0 Å².